The summed E-state index contributed by atoms with van der Waals surface area (Å²) in [6.45, 7) is 0. The predicted octanol–water partition coefficient (Wildman–Crippen LogP) is 15.2. The molecule has 3 nitrogen and oxygen atoms in total. The van der Waals surface area contributed by atoms with Crippen molar-refractivity contribution >= 4 is 107 Å². The van der Waals surface area contributed by atoms with E-state index < -0.39 is 0 Å². The summed E-state index contributed by atoms with van der Waals surface area (Å²) in [5, 5.41) is 10.4. The van der Waals surface area contributed by atoms with Crippen molar-refractivity contribution in [1.29, 1.82) is 0 Å². The van der Waals surface area contributed by atoms with E-state index >= 15 is 0 Å². The van der Waals surface area contributed by atoms with Gasteiger partial charge < -0.3 is 9.30 Å². The topological polar surface area (TPSA) is 20.5 Å². The van der Waals surface area contributed by atoms with Crippen molar-refractivity contribution in [3.63, 3.8) is 0 Å². The molecule has 0 amide bonds. The van der Waals surface area contributed by atoms with E-state index in [0.29, 0.717) is 0 Å². The van der Waals surface area contributed by atoms with Gasteiger partial charge in [-0.2, -0.15) is 0 Å². The second kappa shape index (κ2) is 12.4. The number of pyridine rings is 1. The first-order valence-corrected chi connectivity index (χ1v) is 20.5. The van der Waals surface area contributed by atoms with E-state index in [4.69, 9.17) is 4.98 Å². The molecule has 0 saturated carbocycles. The maximum Gasteiger partial charge on any atom is 0.137 e. The van der Waals surface area contributed by atoms with Crippen LogP contribution in [0.15, 0.2) is 188 Å². The van der Waals surface area contributed by atoms with Crippen LogP contribution in [-0.4, -0.2) is 9.38 Å². The van der Waals surface area contributed by atoms with Gasteiger partial charge in [-0.05, 0) is 93.3 Å². The van der Waals surface area contributed by atoms with Crippen LogP contribution >= 0.6 is 22.7 Å². The molecule has 56 heavy (non-hydrogen) atoms. The zero-order chi connectivity index (χ0) is 36.7. The summed E-state index contributed by atoms with van der Waals surface area (Å²) in [5.74, 6) is 0. The summed E-state index contributed by atoms with van der Waals surface area (Å²) in [6.07, 6.45) is 4.12. The Kier molecular flexibility index (Phi) is 6.97. The third-order valence-electron chi connectivity index (χ3n) is 11.2. The minimum atomic E-state index is 0.950. The van der Waals surface area contributed by atoms with Gasteiger partial charge in [0.15, 0.2) is 0 Å². The second-order valence-corrected chi connectivity index (χ2v) is 16.5. The highest BCUT2D eigenvalue weighted by atomic mass is 32.1. The molecule has 0 bridgehead atoms. The van der Waals surface area contributed by atoms with E-state index in [1.165, 1.54) is 73.0 Å². The van der Waals surface area contributed by atoms with Crippen molar-refractivity contribution in [3.8, 4) is 22.4 Å². The Morgan fingerprint density at radius 1 is 0.411 bits per heavy atom. The molecule has 0 atom stereocenters. The van der Waals surface area contributed by atoms with Crippen LogP contribution in [0.25, 0.3) is 89.9 Å². The predicted molar refractivity (Wildman–Crippen MR) is 242 cm³/mol. The Bertz CT molecular complexity index is 3290. The number of benzene rings is 8. The number of nitrogens with zero attached hydrogens (tertiary/aromatic N) is 3. The monoisotopic (exact) mass is 749 g/mol. The molecule has 0 N–H and O–H groups in total. The Labute approximate surface area is 330 Å². The Morgan fingerprint density at radius 2 is 0.911 bits per heavy atom. The minimum absolute atomic E-state index is 0.950. The fraction of sp³-hybridized carbons (Fsp3) is 0. The molecule has 0 aliphatic carbocycles. The fourth-order valence-electron chi connectivity index (χ4n) is 8.43. The van der Waals surface area contributed by atoms with Gasteiger partial charge >= 0.3 is 0 Å². The minimum Gasteiger partial charge on any atom is -0.310 e. The van der Waals surface area contributed by atoms with Gasteiger partial charge in [-0.1, -0.05) is 115 Å². The van der Waals surface area contributed by atoms with Gasteiger partial charge in [0.25, 0.3) is 0 Å². The van der Waals surface area contributed by atoms with Crippen molar-refractivity contribution in [2.24, 2.45) is 0 Å². The summed E-state index contributed by atoms with van der Waals surface area (Å²) >= 11 is 3.77. The van der Waals surface area contributed by atoms with Gasteiger partial charge in [-0.3, -0.25) is 0 Å². The molecule has 4 heterocycles. The molecule has 12 rings (SSSR count). The third-order valence-corrected chi connectivity index (χ3v) is 13.6. The van der Waals surface area contributed by atoms with E-state index in [-0.39, 0.29) is 0 Å². The fourth-order valence-corrected chi connectivity index (χ4v) is 10.9. The lowest BCUT2D eigenvalue weighted by Gasteiger charge is -2.26. The molecule has 0 aliphatic rings. The van der Waals surface area contributed by atoms with Crippen molar-refractivity contribution in [2.75, 3.05) is 4.90 Å². The number of rotatable bonds is 5. The number of thiophene rings is 2. The van der Waals surface area contributed by atoms with Crippen LogP contribution in [-0.2, 0) is 0 Å². The molecule has 0 fully saturated rings. The molecule has 12 aromatic rings. The smallest absolute Gasteiger partial charge is 0.137 e. The molecule has 4 aromatic heterocycles. The largest absolute Gasteiger partial charge is 0.310 e. The molecule has 0 radical (unpaired) electrons. The lowest BCUT2D eigenvalue weighted by molar-refractivity contribution is 1.19. The Hall–Kier alpha value is -6.79. The Balaban J connectivity index is 0.964. The van der Waals surface area contributed by atoms with Gasteiger partial charge in [0.05, 0.1) is 5.69 Å². The third kappa shape index (κ3) is 4.98. The van der Waals surface area contributed by atoms with Gasteiger partial charge in [0, 0.05) is 75.4 Å². The number of aromatic nitrogens is 2. The SMILES string of the molecule is c1ccc2c(c1)sc1c3ccc(N(c4ccc(-c5ccc(-c6cn7ccccc7n6)cc5)cc4)c4ccc5c(ccc6c7ccccc7sc56)c4)cc3ccc21. The van der Waals surface area contributed by atoms with Crippen LogP contribution in [0.4, 0.5) is 17.1 Å². The van der Waals surface area contributed by atoms with Gasteiger partial charge in [0.1, 0.15) is 5.65 Å². The highest BCUT2D eigenvalue weighted by molar-refractivity contribution is 7.27. The van der Waals surface area contributed by atoms with Crippen molar-refractivity contribution in [3.05, 3.63) is 188 Å². The number of hydrogen-bond donors (Lipinski definition) is 0. The summed E-state index contributed by atoms with van der Waals surface area (Å²) in [7, 11) is 0. The van der Waals surface area contributed by atoms with E-state index in [1.54, 1.807) is 0 Å². The van der Waals surface area contributed by atoms with E-state index in [9.17, 15) is 0 Å². The highest BCUT2D eigenvalue weighted by Gasteiger charge is 2.17. The van der Waals surface area contributed by atoms with E-state index in [2.05, 4.69) is 173 Å². The van der Waals surface area contributed by atoms with E-state index in [0.717, 1.165) is 34.0 Å². The average molecular weight is 750 g/mol. The maximum absolute atomic E-state index is 4.82. The zero-order valence-corrected chi connectivity index (χ0v) is 31.7. The summed E-state index contributed by atoms with van der Waals surface area (Å²) < 4.78 is 7.41. The van der Waals surface area contributed by atoms with Crippen LogP contribution < -0.4 is 4.90 Å². The van der Waals surface area contributed by atoms with Gasteiger partial charge in [-0.15, -0.1) is 22.7 Å². The van der Waals surface area contributed by atoms with Crippen LogP contribution in [0.1, 0.15) is 0 Å². The Morgan fingerprint density at radius 3 is 1.50 bits per heavy atom. The van der Waals surface area contributed by atoms with Crippen LogP contribution in [0.3, 0.4) is 0 Å². The quantitative estimate of drug-likeness (QED) is 0.175. The van der Waals surface area contributed by atoms with Crippen molar-refractivity contribution in [1.82, 2.24) is 9.38 Å². The summed E-state index contributed by atoms with van der Waals surface area (Å²) in [5.41, 5.74) is 8.74. The van der Waals surface area contributed by atoms with Gasteiger partial charge in [0.2, 0.25) is 0 Å². The van der Waals surface area contributed by atoms with Gasteiger partial charge in [-0.25, -0.2) is 4.98 Å². The molecule has 0 unspecified atom stereocenters. The number of imidazole rings is 1. The molecule has 262 valence electrons. The molecule has 0 saturated heterocycles. The second-order valence-electron chi connectivity index (χ2n) is 14.4. The maximum atomic E-state index is 4.82. The molecule has 0 spiro atoms. The lowest BCUT2D eigenvalue weighted by atomic mass is 10.0. The lowest BCUT2D eigenvalue weighted by Crippen LogP contribution is -2.09. The first kappa shape index (κ1) is 31.5. The standard InChI is InChI=1S/C51H31N3S2/c1-3-9-47-42(7-1)44-24-18-35-29-38(22-26-40(35)50(44)55-47)54(39-23-27-41-36(30-39)19-25-45-43-8-2-4-10-48(43)56-51(41)45)37-20-16-33(17-21-37)32-12-14-34(15-13-32)46-31-53-28-6-5-11-49(53)52-46/h1-31H. The molecule has 8 aromatic carbocycles. The number of anilines is 3. The van der Waals surface area contributed by atoms with Crippen LogP contribution in [0, 0.1) is 0 Å². The average Bonchev–Trinajstić information content (AvgIpc) is 3.98. The molecular formula is C51H31N3S2. The first-order chi connectivity index (χ1) is 27.7. The van der Waals surface area contributed by atoms with Crippen LogP contribution in [0.5, 0.6) is 0 Å². The highest BCUT2D eigenvalue weighted by Crippen LogP contribution is 2.44. The summed E-state index contributed by atoms with van der Waals surface area (Å²) in [4.78, 5) is 7.22. The van der Waals surface area contributed by atoms with Crippen LogP contribution in [0.2, 0.25) is 0 Å². The van der Waals surface area contributed by atoms with E-state index in [1.807, 2.05) is 47.1 Å². The number of hydrogen-bond acceptors (Lipinski definition) is 4. The zero-order valence-electron chi connectivity index (χ0n) is 30.1. The van der Waals surface area contributed by atoms with Crippen molar-refractivity contribution in [2.45, 2.75) is 0 Å². The molecule has 0 aliphatic heterocycles. The van der Waals surface area contributed by atoms with Crippen molar-refractivity contribution < 1.29 is 0 Å². The normalized spacial score (nSPS) is 11.9. The summed E-state index contributed by atoms with van der Waals surface area (Å²) in [6, 6.07) is 64.4. The number of fused-ring (bicyclic) bond motifs is 11. The molecular weight excluding hydrogens is 719 g/mol. The molecule has 5 heteroatoms. The first-order valence-electron chi connectivity index (χ1n) is 18.8.